The number of halogens is 2. The number of ether oxygens (including phenoxy) is 1. The molecule has 9 heteroatoms. The van der Waals surface area contributed by atoms with Crippen molar-refractivity contribution >= 4 is 17.0 Å². The predicted molar refractivity (Wildman–Crippen MR) is 148 cm³/mol. The smallest absolute Gasteiger partial charge is 0.317 e. The van der Waals surface area contributed by atoms with Crippen molar-refractivity contribution in [1.29, 1.82) is 0 Å². The number of furan rings is 1. The number of hydrogen-bond acceptors (Lipinski definition) is 5. The van der Waals surface area contributed by atoms with Crippen molar-refractivity contribution in [3.05, 3.63) is 36.1 Å². The molecule has 2 aliphatic rings. The molecule has 4 rings (SSSR count). The van der Waals surface area contributed by atoms with Gasteiger partial charge in [-0.2, -0.15) is 0 Å². The highest BCUT2D eigenvalue weighted by atomic mass is 19.3. The first-order valence-corrected chi connectivity index (χ1v) is 14.5. The zero-order valence-corrected chi connectivity index (χ0v) is 23.4. The summed E-state index contributed by atoms with van der Waals surface area (Å²) in [5, 5.41) is 19.6. The van der Waals surface area contributed by atoms with Crippen molar-refractivity contribution in [2.24, 2.45) is 11.8 Å². The van der Waals surface area contributed by atoms with Crippen LogP contribution in [0, 0.1) is 11.8 Å². The molecule has 1 aliphatic carbocycles. The van der Waals surface area contributed by atoms with E-state index in [0.717, 1.165) is 36.6 Å². The molecule has 2 amide bonds. The monoisotopic (exact) mass is 549 g/mol. The van der Waals surface area contributed by atoms with Gasteiger partial charge >= 0.3 is 6.03 Å². The minimum atomic E-state index is -2.55. The molecule has 1 aromatic carbocycles. The Morgan fingerprint density at radius 2 is 2.05 bits per heavy atom. The van der Waals surface area contributed by atoms with Gasteiger partial charge in [-0.1, -0.05) is 18.2 Å². The van der Waals surface area contributed by atoms with Crippen LogP contribution in [-0.4, -0.2) is 68.4 Å². The Kier molecular flexibility index (Phi) is 10.2. The molecule has 1 aromatic heterocycles. The third kappa shape index (κ3) is 7.50. The van der Waals surface area contributed by atoms with Gasteiger partial charge < -0.3 is 29.8 Å². The molecule has 39 heavy (non-hydrogen) atoms. The van der Waals surface area contributed by atoms with Crippen molar-refractivity contribution in [3.8, 4) is 0 Å². The van der Waals surface area contributed by atoms with E-state index in [2.05, 4.69) is 10.6 Å². The van der Waals surface area contributed by atoms with Crippen LogP contribution in [0.5, 0.6) is 0 Å². The number of alkyl halides is 2. The van der Waals surface area contributed by atoms with Crippen LogP contribution in [0.1, 0.15) is 69.8 Å². The van der Waals surface area contributed by atoms with Gasteiger partial charge in [0, 0.05) is 69.1 Å². The number of methoxy groups -OCH3 is 1. The number of hydrogen-bond donors (Lipinski definition) is 3. The SMILES string of the molecule is CNC[C@H](CC1CCC(F)(F)CC1)NC(=O)N1CCC[C@@H]([C@@](O)(CCCCOC)c2cccc3ccoc23)C1. The lowest BCUT2D eigenvalue weighted by atomic mass is 9.73. The van der Waals surface area contributed by atoms with Crippen LogP contribution in [0.2, 0.25) is 0 Å². The van der Waals surface area contributed by atoms with E-state index in [9.17, 15) is 18.7 Å². The molecule has 0 bridgehead atoms. The number of likely N-dealkylation sites (tertiary alicyclic amines) is 1. The molecule has 2 heterocycles. The van der Waals surface area contributed by atoms with E-state index in [1.54, 1.807) is 13.4 Å². The highest BCUT2D eigenvalue weighted by molar-refractivity contribution is 5.81. The van der Waals surface area contributed by atoms with E-state index in [-0.39, 0.29) is 36.8 Å². The Morgan fingerprint density at radius 3 is 2.79 bits per heavy atom. The molecule has 3 atom stereocenters. The second-order valence-corrected chi connectivity index (χ2v) is 11.5. The summed E-state index contributed by atoms with van der Waals surface area (Å²) in [6, 6.07) is 7.48. The van der Waals surface area contributed by atoms with Crippen molar-refractivity contribution in [2.45, 2.75) is 81.8 Å². The van der Waals surface area contributed by atoms with Crippen LogP contribution in [0.15, 0.2) is 34.9 Å². The van der Waals surface area contributed by atoms with Crippen molar-refractivity contribution in [3.63, 3.8) is 0 Å². The van der Waals surface area contributed by atoms with Gasteiger partial charge in [0.25, 0.3) is 0 Å². The van der Waals surface area contributed by atoms with Crippen LogP contribution in [0.25, 0.3) is 11.0 Å². The minimum absolute atomic E-state index is 0.0723. The quantitative estimate of drug-likeness (QED) is 0.297. The summed E-state index contributed by atoms with van der Waals surface area (Å²) >= 11 is 0. The van der Waals surface area contributed by atoms with E-state index in [4.69, 9.17) is 9.15 Å². The predicted octanol–water partition coefficient (Wildman–Crippen LogP) is 5.66. The third-order valence-corrected chi connectivity index (χ3v) is 8.72. The molecule has 2 aromatic rings. The van der Waals surface area contributed by atoms with Crippen molar-refractivity contribution in [2.75, 3.05) is 40.4 Å². The average Bonchev–Trinajstić information content (AvgIpc) is 3.41. The highest BCUT2D eigenvalue weighted by Crippen LogP contribution is 2.43. The maximum absolute atomic E-state index is 13.6. The number of fused-ring (bicyclic) bond motifs is 1. The molecule has 1 aliphatic heterocycles. The standard InChI is InChI=1S/C30H45F2N3O4/c1-33-20-25(19-22-10-14-29(31,32)15-11-22)34-28(36)35-16-6-8-24(21-35)30(37,13-3-4-17-38-2)26-9-5-7-23-12-18-39-27(23)26/h5,7,9,12,18,22,24-25,33,37H,3-4,6,8,10-11,13-17,19-21H2,1-2H3,(H,34,36)/t24-,25+,30+/m1/s1. The van der Waals surface area contributed by atoms with Crippen LogP contribution in [-0.2, 0) is 10.3 Å². The fraction of sp³-hybridized carbons (Fsp3) is 0.700. The van der Waals surface area contributed by atoms with Crippen molar-refractivity contribution < 1.29 is 27.8 Å². The van der Waals surface area contributed by atoms with Gasteiger partial charge in [0.05, 0.1) is 11.9 Å². The topological polar surface area (TPSA) is 87.0 Å². The van der Waals surface area contributed by atoms with Crippen LogP contribution in [0.4, 0.5) is 13.6 Å². The van der Waals surface area contributed by atoms with Gasteiger partial charge in [-0.3, -0.25) is 0 Å². The van der Waals surface area contributed by atoms with Gasteiger partial charge in [0.15, 0.2) is 0 Å². The molecule has 1 saturated heterocycles. The maximum atomic E-state index is 13.6. The lowest BCUT2D eigenvalue weighted by Crippen LogP contribution is -2.54. The van der Waals surface area contributed by atoms with E-state index in [1.165, 1.54) is 0 Å². The second kappa shape index (κ2) is 13.4. The average molecular weight is 550 g/mol. The summed E-state index contributed by atoms with van der Waals surface area (Å²) in [7, 11) is 3.52. The van der Waals surface area contributed by atoms with Crippen LogP contribution >= 0.6 is 0 Å². The largest absolute Gasteiger partial charge is 0.464 e. The zero-order chi connectivity index (χ0) is 27.9. The number of amides is 2. The van der Waals surface area contributed by atoms with Crippen LogP contribution in [0.3, 0.4) is 0 Å². The number of nitrogens with zero attached hydrogens (tertiary/aromatic N) is 1. The fourth-order valence-electron chi connectivity index (χ4n) is 6.53. The first kappa shape index (κ1) is 29.7. The van der Waals surface area contributed by atoms with Crippen molar-refractivity contribution in [1.82, 2.24) is 15.5 Å². The number of carbonyl (C=O) groups is 1. The lowest BCUT2D eigenvalue weighted by molar-refractivity contribution is -0.0561. The molecule has 2 fully saturated rings. The Balaban J connectivity index is 1.46. The van der Waals surface area contributed by atoms with E-state index >= 15 is 0 Å². The molecule has 218 valence electrons. The third-order valence-electron chi connectivity index (χ3n) is 8.72. The van der Waals surface area contributed by atoms with Gasteiger partial charge in [-0.15, -0.1) is 0 Å². The summed E-state index contributed by atoms with van der Waals surface area (Å²) in [4.78, 5) is 15.3. The first-order chi connectivity index (χ1) is 18.8. The Labute approximate surface area is 230 Å². The van der Waals surface area contributed by atoms with Gasteiger partial charge in [0.1, 0.15) is 5.58 Å². The van der Waals surface area contributed by atoms with Crippen LogP contribution < -0.4 is 10.6 Å². The summed E-state index contributed by atoms with van der Waals surface area (Å²) in [5.74, 6) is -2.52. The molecule has 1 saturated carbocycles. The molecule has 7 nitrogen and oxygen atoms in total. The summed E-state index contributed by atoms with van der Waals surface area (Å²) in [6.07, 6.45) is 6.93. The Bertz CT molecular complexity index is 1050. The summed E-state index contributed by atoms with van der Waals surface area (Å²) in [5.41, 5.74) is 0.319. The number of rotatable bonds is 12. The summed E-state index contributed by atoms with van der Waals surface area (Å²) < 4.78 is 38.3. The van der Waals surface area contributed by atoms with Gasteiger partial charge in [0.2, 0.25) is 5.92 Å². The number of para-hydroxylation sites is 1. The number of carbonyl (C=O) groups excluding carboxylic acids is 1. The number of aliphatic hydroxyl groups is 1. The number of urea groups is 1. The maximum Gasteiger partial charge on any atom is 0.317 e. The van der Waals surface area contributed by atoms with Gasteiger partial charge in [-0.05, 0) is 70.4 Å². The number of benzene rings is 1. The first-order valence-electron chi connectivity index (χ1n) is 14.5. The minimum Gasteiger partial charge on any atom is -0.464 e. The highest BCUT2D eigenvalue weighted by Gasteiger charge is 2.43. The van der Waals surface area contributed by atoms with E-state index < -0.39 is 11.5 Å². The fourth-order valence-corrected chi connectivity index (χ4v) is 6.53. The summed E-state index contributed by atoms with van der Waals surface area (Å²) in [6.45, 7) is 2.27. The van der Waals surface area contributed by atoms with E-state index in [0.29, 0.717) is 57.5 Å². The molecule has 0 radical (unpaired) electrons. The Hall–Kier alpha value is -2.23. The second-order valence-electron chi connectivity index (χ2n) is 11.5. The number of unbranched alkanes of at least 4 members (excludes halogenated alkanes) is 1. The van der Waals surface area contributed by atoms with E-state index in [1.807, 2.05) is 36.2 Å². The zero-order valence-electron chi connectivity index (χ0n) is 23.4. The van der Waals surface area contributed by atoms with Gasteiger partial charge in [-0.25, -0.2) is 13.6 Å². The molecular weight excluding hydrogens is 504 g/mol. The number of piperidine rings is 1. The normalized spacial score (nSPS) is 22.5. The lowest BCUT2D eigenvalue weighted by Gasteiger charge is -2.43. The molecule has 0 spiro atoms. The molecular formula is C30H45F2N3O4. The molecule has 0 unspecified atom stereocenters. The number of nitrogens with one attached hydrogen (secondary N) is 2. The number of likely N-dealkylation sites (N-methyl/N-ethyl adjacent to an activating group) is 1. The Morgan fingerprint density at radius 1 is 1.26 bits per heavy atom. The molecule has 3 N–H and O–H groups in total.